The summed E-state index contributed by atoms with van der Waals surface area (Å²) < 4.78 is 5.24. The molecule has 0 spiro atoms. The van der Waals surface area contributed by atoms with Gasteiger partial charge in [0.25, 0.3) is 11.8 Å². The second-order valence-electron chi connectivity index (χ2n) is 8.24. The highest BCUT2D eigenvalue weighted by atomic mass is 35.5. The normalized spacial score (nSPS) is 13.4. The lowest BCUT2D eigenvalue weighted by molar-refractivity contribution is -0.120. The summed E-state index contributed by atoms with van der Waals surface area (Å²) in [6.07, 6.45) is 1.71. The Morgan fingerprint density at radius 3 is 2.39 bits per heavy atom. The van der Waals surface area contributed by atoms with Gasteiger partial charge in [-0.25, -0.2) is 9.69 Å². The third-order valence-corrected chi connectivity index (χ3v) is 6.79. The molecule has 6 nitrogen and oxygen atoms in total. The van der Waals surface area contributed by atoms with Crippen molar-refractivity contribution in [2.24, 2.45) is 0 Å². The highest BCUT2D eigenvalue weighted by Crippen LogP contribution is 2.38. The molecule has 4 rings (SSSR count). The fourth-order valence-corrected chi connectivity index (χ4v) is 4.64. The van der Waals surface area contributed by atoms with Gasteiger partial charge in [-0.15, -0.1) is 0 Å². The quantitative estimate of drug-likeness (QED) is 0.195. The van der Waals surface area contributed by atoms with E-state index >= 15 is 0 Å². The van der Waals surface area contributed by atoms with Crippen molar-refractivity contribution >= 4 is 52.5 Å². The number of rotatable bonds is 9. The molecule has 3 aromatic rings. The maximum absolute atomic E-state index is 13.5. The molecule has 0 saturated carbocycles. The van der Waals surface area contributed by atoms with Gasteiger partial charge in [0.1, 0.15) is 10.6 Å². The van der Waals surface area contributed by atoms with E-state index in [-0.39, 0.29) is 10.6 Å². The SMILES string of the molecule is CCCCOC(=O)c1ccc(N2C(=O)C(Nc3cccc(Cl)c3)=C(Sc3ccc(C)cc3)C2=O)cc1. The van der Waals surface area contributed by atoms with E-state index in [1.54, 1.807) is 48.5 Å². The number of hydrogen-bond acceptors (Lipinski definition) is 6. The van der Waals surface area contributed by atoms with Crippen LogP contribution in [0.3, 0.4) is 0 Å². The van der Waals surface area contributed by atoms with Crippen molar-refractivity contribution in [3.63, 3.8) is 0 Å². The zero-order valence-corrected chi connectivity index (χ0v) is 21.5. The first-order valence-electron chi connectivity index (χ1n) is 11.5. The Morgan fingerprint density at radius 2 is 1.72 bits per heavy atom. The van der Waals surface area contributed by atoms with Gasteiger partial charge >= 0.3 is 5.97 Å². The van der Waals surface area contributed by atoms with E-state index < -0.39 is 17.8 Å². The maximum Gasteiger partial charge on any atom is 0.338 e. The number of unbranched alkanes of at least 4 members (excludes halogenated alkanes) is 1. The third kappa shape index (κ3) is 5.80. The molecule has 184 valence electrons. The number of imide groups is 1. The number of esters is 1. The van der Waals surface area contributed by atoms with Gasteiger partial charge in [-0.05, 0) is 67.9 Å². The Morgan fingerprint density at radius 1 is 1.00 bits per heavy atom. The molecular formula is C28H25ClN2O4S. The minimum Gasteiger partial charge on any atom is -0.462 e. The number of nitrogens with zero attached hydrogens (tertiary/aromatic N) is 1. The number of halogens is 1. The number of carbonyl (C=O) groups is 3. The van der Waals surface area contributed by atoms with Crippen LogP contribution in [0, 0.1) is 6.92 Å². The van der Waals surface area contributed by atoms with Crippen LogP contribution in [-0.4, -0.2) is 24.4 Å². The summed E-state index contributed by atoms with van der Waals surface area (Å²) in [7, 11) is 0. The van der Waals surface area contributed by atoms with E-state index in [0.29, 0.717) is 28.6 Å². The van der Waals surface area contributed by atoms with Crippen LogP contribution in [0.5, 0.6) is 0 Å². The molecular weight excluding hydrogens is 496 g/mol. The van der Waals surface area contributed by atoms with Gasteiger partial charge in [0, 0.05) is 15.6 Å². The second-order valence-corrected chi connectivity index (χ2v) is 9.76. The van der Waals surface area contributed by atoms with Gasteiger partial charge in [0.05, 0.1) is 17.9 Å². The number of ether oxygens (including phenoxy) is 1. The van der Waals surface area contributed by atoms with E-state index in [4.69, 9.17) is 16.3 Å². The molecule has 0 radical (unpaired) electrons. The molecule has 1 aliphatic rings. The number of nitrogens with one attached hydrogen (secondary N) is 1. The summed E-state index contributed by atoms with van der Waals surface area (Å²) in [4.78, 5) is 41.5. The molecule has 0 aliphatic carbocycles. The number of benzene rings is 3. The number of aryl methyl sites for hydroxylation is 1. The van der Waals surface area contributed by atoms with Crippen LogP contribution in [0.15, 0.2) is 88.3 Å². The minimum atomic E-state index is -0.493. The highest BCUT2D eigenvalue weighted by molar-refractivity contribution is 8.04. The molecule has 0 atom stereocenters. The smallest absolute Gasteiger partial charge is 0.338 e. The largest absolute Gasteiger partial charge is 0.462 e. The Labute approximate surface area is 219 Å². The lowest BCUT2D eigenvalue weighted by Crippen LogP contribution is -2.32. The number of thioether (sulfide) groups is 1. The summed E-state index contributed by atoms with van der Waals surface area (Å²) in [5.74, 6) is -1.38. The van der Waals surface area contributed by atoms with Gasteiger partial charge in [0.15, 0.2) is 0 Å². The van der Waals surface area contributed by atoms with E-state index in [2.05, 4.69) is 5.32 Å². The molecule has 0 bridgehead atoms. The van der Waals surface area contributed by atoms with Crippen LogP contribution >= 0.6 is 23.4 Å². The lowest BCUT2D eigenvalue weighted by atomic mass is 10.2. The van der Waals surface area contributed by atoms with E-state index in [1.165, 1.54) is 11.8 Å². The molecule has 8 heteroatoms. The minimum absolute atomic E-state index is 0.163. The van der Waals surface area contributed by atoms with E-state index in [9.17, 15) is 14.4 Å². The first-order chi connectivity index (χ1) is 17.4. The maximum atomic E-state index is 13.5. The van der Waals surface area contributed by atoms with E-state index in [1.807, 2.05) is 38.1 Å². The van der Waals surface area contributed by atoms with Crippen molar-refractivity contribution in [3.05, 3.63) is 99.5 Å². The molecule has 1 N–H and O–H groups in total. The lowest BCUT2D eigenvalue weighted by Gasteiger charge is -2.16. The molecule has 2 amide bonds. The summed E-state index contributed by atoms with van der Waals surface area (Å²) >= 11 is 7.34. The molecule has 3 aromatic carbocycles. The Bertz CT molecular complexity index is 1320. The summed E-state index contributed by atoms with van der Waals surface area (Å²) in [6.45, 7) is 4.35. The van der Waals surface area contributed by atoms with Crippen LogP contribution < -0.4 is 10.2 Å². The fraction of sp³-hybridized carbons (Fsp3) is 0.179. The van der Waals surface area contributed by atoms with E-state index in [0.717, 1.165) is 28.2 Å². The monoisotopic (exact) mass is 520 g/mol. The average Bonchev–Trinajstić information content (AvgIpc) is 3.09. The molecule has 0 fully saturated rings. The first-order valence-corrected chi connectivity index (χ1v) is 12.7. The average molecular weight is 521 g/mol. The number of hydrogen-bond donors (Lipinski definition) is 1. The molecule has 0 aromatic heterocycles. The number of amides is 2. The summed E-state index contributed by atoms with van der Waals surface area (Å²) in [6, 6.07) is 20.9. The summed E-state index contributed by atoms with van der Waals surface area (Å²) in [5.41, 5.74) is 2.56. The molecule has 1 aliphatic heterocycles. The van der Waals surface area contributed by atoms with Crippen molar-refractivity contribution in [3.8, 4) is 0 Å². The van der Waals surface area contributed by atoms with Gasteiger partial charge < -0.3 is 10.1 Å². The zero-order chi connectivity index (χ0) is 25.7. The fourth-order valence-electron chi connectivity index (χ4n) is 3.52. The van der Waals surface area contributed by atoms with Crippen molar-refractivity contribution in [1.82, 2.24) is 0 Å². The Kier molecular flexibility index (Phi) is 8.13. The molecule has 0 saturated heterocycles. The van der Waals surface area contributed by atoms with Gasteiger partial charge in [-0.3, -0.25) is 9.59 Å². The van der Waals surface area contributed by atoms with Gasteiger partial charge in [-0.1, -0.05) is 60.5 Å². The highest BCUT2D eigenvalue weighted by Gasteiger charge is 2.40. The first kappa shape index (κ1) is 25.5. The van der Waals surface area contributed by atoms with Crippen molar-refractivity contribution in [2.75, 3.05) is 16.8 Å². The van der Waals surface area contributed by atoms with Gasteiger partial charge in [-0.2, -0.15) is 0 Å². The van der Waals surface area contributed by atoms with Crippen LogP contribution in [0.4, 0.5) is 11.4 Å². The third-order valence-electron chi connectivity index (χ3n) is 5.47. The van der Waals surface area contributed by atoms with Crippen molar-refractivity contribution in [1.29, 1.82) is 0 Å². The van der Waals surface area contributed by atoms with Gasteiger partial charge in [0.2, 0.25) is 0 Å². The molecule has 1 heterocycles. The molecule has 36 heavy (non-hydrogen) atoms. The topological polar surface area (TPSA) is 75.7 Å². The van der Waals surface area contributed by atoms with Crippen LogP contribution in [-0.2, 0) is 14.3 Å². The number of carbonyl (C=O) groups excluding carboxylic acids is 3. The van der Waals surface area contributed by atoms with Crippen LogP contribution in [0.25, 0.3) is 0 Å². The predicted molar refractivity (Wildman–Crippen MR) is 143 cm³/mol. The summed E-state index contributed by atoms with van der Waals surface area (Å²) in [5, 5.41) is 3.59. The Hall–Kier alpha value is -3.55. The standard InChI is InChI=1S/C28H25ClN2O4S/c1-3-4-16-35-28(34)19-10-12-22(13-11-19)31-26(32)24(30-21-7-5-6-20(29)17-21)25(27(31)33)36-23-14-8-18(2)9-15-23/h5-15,17,30H,3-4,16H2,1-2H3. The predicted octanol–water partition coefficient (Wildman–Crippen LogP) is 6.59. The van der Waals surface area contributed by atoms with Crippen LogP contribution in [0.1, 0.15) is 35.7 Å². The van der Waals surface area contributed by atoms with Crippen LogP contribution in [0.2, 0.25) is 5.02 Å². The van der Waals surface area contributed by atoms with Crippen molar-refractivity contribution in [2.45, 2.75) is 31.6 Å². The number of anilines is 2. The zero-order valence-electron chi connectivity index (χ0n) is 19.9. The Balaban J connectivity index is 1.63. The molecule has 0 unspecified atom stereocenters. The van der Waals surface area contributed by atoms with Crippen molar-refractivity contribution < 1.29 is 19.1 Å². The second kappa shape index (κ2) is 11.5.